The van der Waals surface area contributed by atoms with Crippen molar-refractivity contribution >= 4 is 11.8 Å². The van der Waals surface area contributed by atoms with Crippen molar-refractivity contribution in [3.05, 3.63) is 12.2 Å². The summed E-state index contributed by atoms with van der Waals surface area (Å²) < 4.78 is 5.47. The molecule has 4 heteroatoms. The van der Waals surface area contributed by atoms with Crippen LogP contribution in [0.3, 0.4) is 0 Å². The van der Waals surface area contributed by atoms with E-state index in [2.05, 4.69) is 11.9 Å². The highest BCUT2D eigenvalue weighted by Gasteiger charge is 2.29. The highest BCUT2D eigenvalue weighted by atomic mass is 32.2. The Hall–Kier alpha value is -0.0300. The Balaban J connectivity index is 2.15. The van der Waals surface area contributed by atoms with E-state index in [9.17, 15) is 0 Å². The molecule has 16 heavy (non-hydrogen) atoms. The summed E-state index contributed by atoms with van der Waals surface area (Å²) in [6.07, 6.45) is 2.46. The summed E-state index contributed by atoms with van der Waals surface area (Å²) in [5, 5.41) is 3.56. The van der Waals surface area contributed by atoms with Gasteiger partial charge >= 0.3 is 0 Å². The second-order valence-corrected chi connectivity index (χ2v) is 5.68. The van der Waals surface area contributed by atoms with Gasteiger partial charge in [-0.2, -0.15) is 11.8 Å². The van der Waals surface area contributed by atoms with Gasteiger partial charge in [-0.3, -0.25) is 0 Å². The van der Waals surface area contributed by atoms with Gasteiger partial charge in [0.05, 0.1) is 13.2 Å². The van der Waals surface area contributed by atoms with E-state index in [1.165, 1.54) is 18.6 Å². The molecule has 1 heterocycles. The number of hydrogen-bond acceptors (Lipinski definition) is 4. The predicted octanol–water partition coefficient (Wildman–Crippen LogP) is 1.39. The summed E-state index contributed by atoms with van der Waals surface area (Å²) in [7, 11) is 0. The van der Waals surface area contributed by atoms with Gasteiger partial charge in [-0.05, 0) is 25.5 Å². The van der Waals surface area contributed by atoms with Crippen molar-refractivity contribution in [2.75, 3.05) is 37.8 Å². The molecule has 0 saturated carbocycles. The number of rotatable bonds is 7. The van der Waals surface area contributed by atoms with Crippen LogP contribution in [0.1, 0.15) is 19.8 Å². The zero-order valence-electron chi connectivity index (χ0n) is 10.3. The Kier molecular flexibility index (Phi) is 6.43. The first-order chi connectivity index (χ1) is 7.68. The maximum atomic E-state index is 5.87. The van der Waals surface area contributed by atoms with E-state index in [0.717, 1.165) is 31.0 Å². The largest absolute Gasteiger partial charge is 0.376 e. The Morgan fingerprint density at radius 1 is 1.62 bits per heavy atom. The Bertz CT molecular complexity index is 215. The lowest BCUT2D eigenvalue weighted by Crippen LogP contribution is -2.55. The van der Waals surface area contributed by atoms with Crippen molar-refractivity contribution in [2.45, 2.75) is 25.3 Å². The lowest BCUT2D eigenvalue weighted by atomic mass is 9.95. The minimum atomic E-state index is 0.148. The molecule has 0 aromatic carbocycles. The molecule has 3 nitrogen and oxygen atoms in total. The van der Waals surface area contributed by atoms with Gasteiger partial charge in [0.2, 0.25) is 0 Å². The van der Waals surface area contributed by atoms with E-state index in [1.54, 1.807) is 0 Å². The van der Waals surface area contributed by atoms with Crippen molar-refractivity contribution < 1.29 is 4.74 Å². The molecule has 0 aliphatic carbocycles. The summed E-state index contributed by atoms with van der Waals surface area (Å²) >= 11 is 2.00. The van der Waals surface area contributed by atoms with Gasteiger partial charge in [-0.25, -0.2) is 0 Å². The van der Waals surface area contributed by atoms with E-state index in [1.807, 2.05) is 18.7 Å². The molecule has 1 aliphatic rings. The molecule has 0 bridgehead atoms. The third kappa shape index (κ3) is 4.87. The molecular formula is C12H24N2OS. The van der Waals surface area contributed by atoms with Crippen molar-refractivity contribution in [1.82, 2.24) is 5.32 Å². The fourth-order valence-electron chi connectivity index (χ4n) is 1.86. The quantitative estimate of drug-likeness (QED) is 0.525. The Labute approximate surface area is 103 Å². The molecule has 1 rings (SSSR count). The molecule has 1 atom stereocenters. The summed E-state index contributed by atoms with van der Waals surface area (Å²) in [5.74, 6) is 2.40. The van der Waals surface area contributed by atoms with Crippen molar-refractivity contribution in [3.63, 3.8) is 0 Å². The highest BCUT2D eigenvalue weighted by Crippen LogP contribution is 2.25. The average Bonchev–Trinajstić information content (AvgIpc) is 2.29. The minimum Gasteiger partial charge on any atom is -0.376 e. The van der Waals surface area contributed by atoms with Crippen LogP contribution >= 0.6 is 11.8 Å². The SMILES string of the molecule is C=C(C)COCCNC1(CN)CCCSC1. The Morgan fingerprint density at radius 2 is 2.44 bits per heavy atom. The molecule has 0 radical (unpaired) electrons. The Morgan fingerprint density at radius 3 is 3.00 bits per heavy atom. The second kappa shape index (κ2) is 7.33. The normalized spacial score (nSPS) is 25.6. The van der Waals surface area contributed by atoms with Crippen LogP contribution in [-0.4, -0.2) is 43.3 Å². The van der Waals surface area contributed by atoms with Gasteiger partial charge < -0.3 is 15.8 Å². The maximum Gasteiger partial charge on any atom is 0.0672 e. The highest BCUT2D eigenvalue weighted by molar-refractivity contribution is 7.99. The summed E-state index contributed by atoms with van der Waals surface area (Å²) in [6, 6.07) is 0. The van der Waals surface area contributed by atoms with Crippen LogP contribution in [0.2, 0.25) is 0 Å². The number of nitrogens with one attached hydrogen (secondary N) is 1. The van der Waals surface area contributed by atoms with Crippen LogP contribution in [0, 0.1) is 0 Å². The predicted molar refractivity (Wildman–Crippen MR) is 72.0 cm³/mol. The number of thioether (sulfide) groups is 1. The van der Waals surface area contributed by atoms with Crippen molar-refractivity contribution in [2.24, 2.45) is 5.73 Å². The van der Waals surface area contributed by atoms with Gasteiger partial charge in [-0.15, -0.1) is 0 Å². The number of ether oxygens (including phenoxy) is 1. The van der Waals surface area contributed by atoms with Gasteiger partial charge in [0.1, 0.15) is 0 Å². The molecule has 1 aliphatic heterocycles. The molecule has 94 valence electrons. The van der Waals surface area contributed by atoms with E-state index in [0.29, 0.717) is 6.61 Å². The molecule has 1 unspecified atom stereocenters. The number of nitrogens with two attached hydrogens (primary N) is 1. The standard InChI is InChI=1S/C12H24N2OS/c1-11(2)8-15-6-5-14-12(9-13)4-3-7-16-10-12/h14H,1,3-10,13H2,2H3. The van der Waals surface area contributed by atoms with Crippen molar-refractivity contribution in [1.29, 1.82) is 0 Å². The maximum absolute atomic E-state index is 5.87. The molecule has 0 spiro atoms. The van der Waals surface area contributed by atoms with E-state index >= 15 is 0 Å². The van der Waals surface area contributed by atoms with Crippen LogP contribution in [0.5, 0.6) is 0 Å². The molecule has 1 saturated heterocycles. The summed E-state index contributed by atoms with van der Waals surface area (Å²) in [5.41, 5.74) is 7.09. The minimum absolute atomic E-state index is 0.148. The van der Waals surface area contributed by atoms with Crippen LogP contribution in [0.25, 0.3) is 0 Å². The monoisotopic (exact) mass is 244 g/mol. The molecular weight excluding hydrogens is 220 g/mol. The lowest BCUT2D eigenvalue weighted by Gasteiger charge is -2.36. The average molecular weight is 244 g/mol. The van der Waals surface area contributed by atoms with Crippen LogP contribution in [0.4, 0.5) is 0 Å². The first-order valence-electron chi connectivity index (χ1n) is 5.93. The summed E-state index contributed by atoms with van der Waals surface area (Å²) in [4.78, 5) is 0. The second-order valence-electron chi connectivity index (χ2n) is 4.58. The smallest absolute Gasteiger partial charge is 0.0672 e. The zero-order chi connectivity index (χ0) is 11.9. The van der Waals surface area contributed by atoms with Gasteiger partial charge in [0.25, 0.3) is 0 Å². The lowest BCUT2D eigenvalue weighted by molar-refractivity contribution is 0.148. The third-order valence-corrected chi connectivity index (χ3v) is 4.14. The number of hydrogen-bond donors (Lipinski definition) is 2. The first kappa shape index (κ1) is 14.0. The van der Waals surface area contributed by atoms with Gasteiger partial charge in [0.15, 0.2) is 0 Å². The van der Waals surface area contributed by atoms with Crippen LogP contribution in [0.15, 0.2) is 12.2 Å². The topological polar surface area (TPSA) is 47.3 Å². The fourth-order valence-corrected chi connectivity index (χ4v) is 3.11. The molecule has 0 amide bonds. The molecule has 3 N–H and O–H groups in total. The zero-order valence-corrected chi connectivity index (χ0v) is 11.1. The third-order valence-electron chi connectivity index (χ3n) is 2.81. The molecule has 0 aromatic heterocycles. The first-order valence-corrected chi connectivity index (χ1v) is 7.09. The van der Waals surface area contributed by atoms with Crippen LogP contribution in [-0.2, 0) is 4.74 Å². The van der Waals surface area contributed by atoms with E-state index < -0.39 is 0 Å². The van der Waals surface area contributed by atoms with Gasteiger partial charge in [-0.1, -0.05) is 12.2 Å². The van der Waals surface area contributed by atoms with E-state index in [-0.39, 0.29) is 5.54 Å². The van der Waals surface area contributed by atoms with E-state index in [4.69, 9.17) is 10.5 Å². The van der Waals surface area contributed by atoms with Crippen molar-refractivity contribution in [3.8, 4) is 0 Å². The molecule has 1 fully saturated rings. The van der Waals surface area contributed by atoms with Gasteiger partial charge in [0, 0.05) is 24.4 Å². The summed E-state index contributed by atoms with van der Waals surface area (Å²) in [6.45, 7) is 8.78. The fraction of sp³-hybridized carbons (Fsp3) is 0.833. The van der Waals surface area contributed by atoms with Crippen LogP contribution < -0.4 is 11.1 Å². The molecule has 0 aromatic rings.